The summed E-state index contributed by atoms with van der Waals surface area (Å²) in [5, 5.41) is 6.70. The van der Waals surface area contributed by atoms with Gasteiger partial charge in [0.2, 0.25) is 0 Å². The van der Waals surface area contributed by atoms with Crippen molar-refractivity contribution < 1.29 is 18.7 Å². The molecule has 0 aliphatic carbocycles. The molecule has 1 heterocycles. The molecule has 180 valence electrons. The second kappa shape index (κ2) is 14.1. The van der Waals surface area contributed by atoms with Gasteiger partial charge in [0.15, 0.2) is 5.96 Å². The number of aliphatic imine (C=N–C) groups is 1. The van der Waals surface area contributed by atoms with E-state index in [1.807, 2.05) is 31.2 Å². The molecule has 1 aliphatic rings. The van der Waals surface area contributed by atoms with Crippen LogP contribution < -0.4 is 10.6 Å². The van der Waals surface area contributed by atoms with Gasteiger partial charge in [0, 0.05) is 26.2 Å². The largest absolute Gasteiger partial charge is 0.465 e. The topological polar surface area (TPSA) is 75.2 Å². The van der Waals surface area contributed by atoms with Crippen LogP contribution in [0.3, 0.4) is 0 Å². The number of carbonyl (C=O) groups is 1. The third kappa shape index (κ3) is 8.24. The van der Waals surface area contributed by atoms with Gasteiger partial charge in [-0.3, -0.25) is 4.90 Å². The van der Waals surface area contributed by atoms with Crippen LogP contribution in [0.4, 0.5) is 4.39 Å². The van der Waals surface area contributed by atoms with Crippen molar-refractivity contribution in [1.29, 1.82) is 0 Å². The number of ether oxygens (including phenoxy) is 2. The predicted octanol–water partition coefficient (Wildman–Crippen LogP) is 3.36. The number of esters is 1. The number of halogens is 2. The lowest BCUT2D eigenvalue weighted by Crippen LogP contribution is -2.46. The molecule has 2 aromatic carbocycles. The number of rotatable bonds is 8. The summed E-state index contributed by atoms with van der Waals surface area (Å²) in [4.78, 5) is 18.6. The molecule has 0 radical (unpaired) electrons. The Bertz CT molecular complexity index is 888. The first-order valence-corrected chi connectivity index (χ1v) is 10.9. The lowest BCUT2D eigenvalue weighted by Gasteiger charge is -2.35. The van der Waals surface area contributed by atoms with Gasteiger partial charge in [0.25, 0.3) is 0 Å². The molecule has 2 aromatic rings. The third-order valence-electron chi connectivity index (χ3n) is 5.34. The normalized spacial score (nSPS) is 15.3. The number of hydrogen-bond acceptors (Lipinski definition) is 5. The fourth-order valence-corrected chi connectivity index (χ4v) is 3.60. The van der Waals surface area contributed by atoms with Crippen molar-refractivity contribution in [2.24, 2.45) is 4.99 Å². The molecule has 2 N–H and O–H groups in total. The van der Waals surface area contributed by atoms with Crippen LogP contribution in [-0.4, -0.2) is 63.3 Å². The van der Waals surface area contributed by atoms with Gasteiger partial charge >= 0.3 is 5.97 Å². The molecular weight excluding hydrogens is 538 g/mol. The van der Waals surface area contributed by atoms with E-state index in [-0.39, 0.29) is 41.8 Å². The van der Waals surface area contributed by atoms with E-state index in [1.54, 1.807) is 12.1 Å². The van der Waals surface area contributed by atoms with Crippen molar-refractivity contribution in [2.75, 3.05) is 46.5 Å². The molecule has 7 nitrogen and oxygen atoms in total. The molecule has 1 atom stereocenters. The van der Waals surface area contributed by atoms with Crippen molar-refractivity contribution in [3.8, 4) is 0 Å². The molecule has 9 heteroatoms. The zero-order valence-electron chi connectivity index (χ0n) is 19.1. The lowest BCUT2D eigenvalue weighted by molar-refractivity contribution is 0.0170. The highest BCUT2D eigenvalue weighted by Crippen LogP contribution is 2.21. The molecule has 33 heavy (non-hydrogen) atoms. The quantitative estimate of drug-likeness (QED) is 0.220. The molecule has 1 saturated heterocycles. The Morgan fingerprint density at radius 2 is 1.79 bits per heavy atom. The fraction of sp³-hybridized carbons (Fsp3) is 0.417. The minimum Gasteiger partial charge on any atom is -0.465 e. The summed E-state index contributed by atoms with van der Waals surface area (Å²) >= 11 is 0. The van der Waals surface area contributed by atoms with Gasteiger partial charge in [-0.05, 0) is 42.3 Å². The van der Waals surface area contributed by atoms with Crippen LogP contribution in [-0.2, 0) is 16.0 Å². The second-order valence-corrected chi connectivity index (χ2v) is 7.48. The van der Waals surface area contributed by atoms with Gasteiger partial charge in [-0.1, -0.05) is 24.3 Å². The van der Waals surface area contributed by atoms with Crippen LogP contribution >= 0.6 is 24.0 Å². The number of morpholine rings is 1. The number of nitrogens with zero attached hydrogens (tertiary/aromatic N) is 2. The molecule has 0 amide bonds. The van der Waals surface area contributed by atoms with Crippen molar-refractivity contribution in [1.82, 2.24) is 15.5 Å². The van der Waals surface area contributed by atoms with E-state index in [9.17, 15) is 9.18 Å². The Hall–Kier alpha value is -2.24. The van der Waals surface area contributed by atoms with E-state index < -0.39 is 0 Å². The second-order valence-electron chi connectivity index (χ2n) is 7.48. The maximum absolute atomic E-state index is 13.5. The molecule has 0 aromatic heterocycles. The molecular formula is C24H32FIN4O3. The summed E-state index contributed by atoms with van der Waals surface area (Å²) in [6.45, 7) is 6.86. The molecule has 0 saturated carbocycles. The highest BCUT2D eigenvalue weighted by molar-refractivity contribution is 14.0. The van der Waals surface area contributed by atoms with Crippen LogP contribution in [0, 0.1) is 5.82 Å². The highest BCUT2D eigenvalue weighted by atomic mass is 127. The average molecular weight is 570 g/mol. The van der Waals surface area contributed by atoms with Gasteiger partial charge in [-0.15, -0.1) is 24.0 Å². The molecule has 1 aliphatic heterocycles. The van der Waals surface area contributed by atoms with E-state index in [0.29, 0.717) is 37.8 Å². The number of hydrogen-bond donors (Lipinski definition) is 2. The SMILES string of the molecule is CCNC(=NCc1ccc(C(=O)OC)cc1)NCC(c1ccc(F)cc1)N1CCOCC1.I. The van der Waals surface area contributed by atoms with Gasteiger partial charge < -0.3 is 20.1 Å². The minimum absolute atomic E-state index is 0. The van der Waals surface area contributed by atoms with E-state index >= 15 is 0 Å². The highest BCUT2D eigenvalue weighted by Gasteiger charge is 2.23. The fourth-order valence-electron chi connectivity index (χ4n) is 3.60. The monoisotopic (exact) mass is 570 g/mol. The zero-order valence-corrected chi connectivity index (χ0v) is 21.4. The Morgan fingerprint density at radius 1 is 1.12 bits per heavy atom. The van der Waals surface area contributed by atoms with Crippen LogP contribution in [0.2, 0.25) is 0 Å². The number of benzene rings is 2. The van der Waals surface area contributed by atoms with E-state index in [0.717, 1.165) is 30.8 Å². The Morgan fingerprint density at radius 3 is 2.39 bits per heavy atom. The summed E-state index contributed by atoms with van der Waals surface area (Å²) < 4.78 is 23.7. The third-order valence-corrected chi connectivity index (χ3v) is 5.34. The van der Waals surface area contributed by atoms with E-state index in [1.165, 1.54) is 19.2 Å². The average Bonchev–Trinajstić information content (AvgIpc) is 2.84. The molecule has 3 rings (SSSR count). The Balaban J connectivity index is 0.00000385. The van der Waals surface area contributed by atoms with E-state index in [2.05, 4.69) is 20.5 Å². The van der Waals surface area contributed by atoms with E-state index in [4.69, 9.17) is 9.47 Å². The van der Waals surface area contributed by atoms with Crippen molar-refractivity contribution in [2.45, 2.75) is 19.5 Å². The zero-order chi connectivity index (χ0) is 22.8. The maximum atomic E-state index is 13.5. The first kappa shape index (κ1) is 27.0. The van der Waals surface area contributed by atoms with Gasteiger partial charge in [-0.2, -0.15) is 0 Å². The van der Waals surface area contributed by atoms with Gasteiger partial charge in [0.05, 0.1) is 38.5 Å². The smallest absolute Gasteiger partial charge is 0.337 e. The summed E-state index contributed by atoms with van der Waals surface area (Å²) in [6, 6.07) is 14.0. The Labute approximate surface area is 211 Å². The molecule has 1 unspecified atom stereocenters. The molecule has 1 fully saturated rings. The Kier molecular flexibility index (Phi) is 11.6. The van der Waals surface area contributed by atoms with Crippen LogP contribution in [0.1, 0.15) is 34.5 Å². The summed E-state index contributed by atoms with van der Waals surface area (Å²) in [6.07, 6.45) is 0. The maximum Gasteiger partial charge on any atom is 0.337 e. The summed E-state index contributed by atoms with van der Waals surface area (Å²) in [5.41, 5.74) is 2.55. The van der Waals surface area contributed by atoms with Crippen molar-refractivity contribution in [3.63, 3.8) is 0 Å². The number of carbonyl (C=O) groups excluding carboxylic acids is 1. The summed E-state index contributed by atoms with van der Waals surface area (Å²) in [7, 11) is 1.37. The number of nitrogens with one attached hydrogen (secondary N) is 2. The molecule has 0 bridgehead atoms. The lowest BCUT2D eigenvalue weighted by atomic mass is 10.0. The summed E-state index contributed by atoms with van der Waals surface area (Å²) in [5.74, 6) is 0.102. The van der Waals surface area contributed by atoms with Crippen molar-refractivity contribution in [3.05, 3.63) is 71.0 Å². The number of methoxy groups -OCH3 is 1. The van der Waals surface area contributed by atoms with Crippen LogP contribution in [0.15, 0.2) is 53.5 Å². The number of guanidine groups is 1. The minimum atomic E-state index is -0.356. The van der Waals surface area contributed by atoms with Crippen molar-refractivity contribution >= 4 is 35.9 Å². The van der Waals surface area contributed by atoms with Gasteiger partial charge in [-0.25, -0.2) is 14.2 Å². The van der Waals surface area contributed by atoms with Gasteiger partial charge in [0.1, 0.15) is 5.82 Å². The first-order chi connectivity index (χ1) is 15.6. The standard InChI is InChI=1S/C24H31FN4O3.HI/c1-3-26-24(27-16-18-4-6-20(7-5-18)23(30)31-2)28-17-22(29-12-14-32-15-13-29)19-8-10-21(25)11-9-19;/h4-11,22H,3,12-17H2,1-2H3,(H2,26,27,28);1H. The molecule has 0 spiro atoms. The first-order valence-electron chi connectivity index (χ1n) is 10.9. The predicted molar refractivity (Wildman–Crippen MR) is 138 cm³/mol. The van der Waals surface area contributed by atoms with Crippen LogP contribution in [0.25, 0.3) is 0 Å². The van der Waals surface area contributed by atoms with Crippen LogP contribution in [0.5, 0.6) is 0 Å².